The lowest BCUT2D eigenvalue weighted by Gasteiger charge is -2.36. The molecule has 0 spiro atoms. The fraction of sp³-hybridized carbons (Fsp3) is 0.562. The number of carbonyl (C=O) groups excluding carboxylic acids is 1. The number of rotatable bonds is 5. The van der Waals surface area contributed by atoms with Crippen LogP contribution >= 0.6 is 12.4 Å². The van der Waals surface area contributed by atoms with Crippen molar-refractivity contribution >= 4 is 18.3 Å². The summed E-state index contributed by atoms with van der Waals surface area (Å²) in [5.41, 5.74) is 0. The predicted octanol–water partition coefficient (Wildman–Crippen LogP) is 2.62. The number of amides is 1. The Kier molecular flexibility index (Phi) is 7.62. The van der Waals surface area contributed by atoms with Gasteiger partial charge in [0.25, 0.3) is 0 Å². The SMILES string of the molecule is CC1CN(C(=O)CCCOc2cccc(F)c2)CC(C)N1.Cl. The van der Waals surface area contributed by atoms with Crippen LogP contribution in [0.3, 0.4) is 0 Å². The summed E-state index contributed by atoms with van der Waals surface area (Å²) < 4.78 is 18.4. The van der Waals surface area contributed by atoms with E-state index in [9.17, 15) is 9.18 Å². The molecule has 1 amide bonds. The normalized spacial score (nSPS) is 21.1. The van der Waals surface area contributed by atoms with Crippen LogP contribution in [0.2, 0.25) is 0 Å². The van der Waals surface area contributed by atoms with Gasteiger partial charge >= 0.3 is 0 Å². The van der Waals surface area contributed by atoms with E-state index in [0.29, 0.717) is 37.3 Å². The molecule has 6 heteroatoms. The number of carbonyl (C=O) groups is 1. The third kappa shape index (κ3) is 5.81. The molecular formula is C16H24ClFN2O2. The van der Waals surface area contributed by atoms with Crippen LogP contribution in [0.15, 0.2) is 24.3 Å². The monoisotopic (exact) mass is 330 g/mol. The van der Waals surface area contributed by atoms with Gasteiger partial charge in [0.05, 0.1) is 6.61 Å². The fourth-order valence-electron chi connectivity index (χ4n) is 2.66. The summed E-state index contributed by atoms with van der Waals surface area (Å²) in [7, 11) is 0. The van der Waals surface area contributed by atoms with Crippen molar-refractivity contribution in [3.63, 3.8) is 0 Å². The molecule has 2 unspecified atom stereocenters. The van der Waals surface area contributed by atoms with Crippen molar-refractivity contribution in [1.29, 1.82) is 0 Å². The highest BCUT2D eigenvalue weighted by molar-refractivity contribution is 5.85. The molecule has 0 aliphatic carbocycles. The maximum atomic E-state index is 13.0. The number of nitrogens with one attached hydrogen (secondary N) is 1. The first-order valence-corrected chi connectivity index (χ1v) is 7.47. The van der Waals surface area contributed by atoms with Crippen LogP contribution in [0.1, 0.15) is 26.7 Å². The first kappa shape index (κ1) is 18.7. The summed E-state index contributed by atoms with van der Waals surface area (Å²) in [5, 5.41) is 3.40. The van der Waals surface area contributed by atoms with E-state index in [1.807, 2.05) is 4.90 Å². The smallest absolute Gasteiger partial charge is 0.222 e. The van der Waals surface area contributed by atoms with Crippen molar-refractivity contribution in [1.82, 2.24) is 10.2 Å². The Balaban J connectivity index is 0.00000242. The van der Waals surface area contributed by atoms with Gasteiger partial charge in [0.1, 0.15) is 11.6 Å². The number of benzene rings is 1. The van der Waals surface area contributed by atoms with Crippen LogP contribution in [-0.4, -0.2) is 42.6 Å². The number of halogens is 2. The quantitative estimate of drug-likeness (QED) is 0.844. The zero-order valence-electron chi connectivity index (χ0n) is 13.0. The van der Waals surface area contributed by atoms with Gasteiger partial charge in [-0.25, -0.2) is 4.39 Å². The predicted molar refractivity (Wildman–Crippen MR) is 87.0 cm³/mol. The molecule has 1 aliphatic heterocycles. The van der Waals surface area contributed by atoms with Crippen molar-refractivity contribution < 1.29 is 13.9 Å². The van der Waals surface area contributed by atoms with E-state index in [1.54, 1.807) is 12.1 Å². The van der Waals surface area contributed by atoms with Crippen molar-refractivity contribution in [2.45, 2.75) is 38.8 Å². The molecule has 0 radical (unpaired) electrons. The van der Waals surface area contributed by atoms with Gasteiger partial charge in [-0.1, -0.05) is 6.07 Å². The maximum Gasteiger partial charge on any atom is 0.222 e. The van der Waals surface area contributed by atoms with Gasteiger partial charge in [-0.05, 0) is 32.4 Å². The molecule has 1 aromatic carbocycles. The van der Waals surface area contributed by atoms with Crippen LogP contribution in [0, 0.1) is 5.82 Å². The lowest BCUT2D eigenvalue weighted by atomic mass is 10.1. The minimum Gasteiger partial charge on any atom is -0.493 e. The Labute approximate surface area is 137 Å². The number of nitrogens with zero attached hydrogens (tertiary/aromatic N) is 1. The second-order valence-electron chi connectivity index (χ2n) is 5.68. The van der Waals surface area contributed by atoms with Crippen LogP contribution in [0.25, 0.3) is 0 Å². The molecule has 0 bridgehead atoms. The maximum absolute atomic E-state index is 13.0. The number of piperazine rings is 1. The Morgan fingerprint density at radius 1 is 1.36 bits per heavy atom. The number of ether oxygens (including phenoxy) is 1. The minimum atomic E-state index is -0.313. The lowest BCUT2D eigenvalue weighted by Crippen LogP contribution is -2.55. The van der Waals surface area contributed by atoms with E-state index in [2.05, 4.69) is 19.2 Å². The molecule has 2 atom stereocenters. The van der Waals surface area contributed by atoms with E-state index in [1.165, 1.54) is 12.1 Å². The molecule has 1 aromatic rings. The van der Waals surface area contributed by atoms with Crippen LogP contribution < -0.4 is 10.1 Å². The van der Waals surface area contributed by atoms with E-state index in [4.69, 9.17) is 4.74 Å². The van der Waals surface area contributed by atoms with Gasteiger partial charge in [-0.15, -0.1) is 12.4 Å². The highest BCUT2D eigenvalue weighted by atomic mass is 35.5. The van der Waals surface area contributed by atoms with Gasteiger partial charge in [0.2, 0.25) is 5.91 Å². The van der Waals surface area contributed by atoms with Crippen molar-refractivity contribution in [3.8, 4) is 5.75 Å². The fourth-order valence-corrected chi connectivity index (χ4v) is 2.66. The molecule has 22 heavy (non-hydrogen) atoms. The molecule has 1 aliphatic rings. The van der Waals surface area contributed by atoms with Crippen molar-refractivity contribution in [2.24, 2.45) is 0 Å². The van der Waals surface area contributed by atoms with Gasteiger partial charge in [-0.2, -0.15) is 0 Å². The summed E-state index contributed by atoms with van der Waals surface area (Å²) in [5.74, 6) is 0.359. The molecule has 0 aromatic heterocycles. The average Bonchev–Trinajstić information content (AvgIpc) is 2.42. The van der Waals surface area contributed by atoms with E-state index >= 15 is 0 Å². The molecule has 124 valence electrons. The van der Waals surface area contributed by atoms with Gasteiger partial charge in [-0.3, -0.25) is 4.79 Å². The van der Waals surface area contributed by atoms with E-state index in [-0.39, 0.29) is 24.1 Å². The van der Waals surface area contributed by atoms with Gasteiger partial charge < -0.3 is 15.0 Å². The molecule has 4 nitrogen and oxygen atoms in total. The summed E-state index contributed by atoms with van der Waals surface area (Å²) >= 11 is 0. The van der Waals surface area contributed by atoms with E-state index < -0.39 is 0 Å². The Morgan fingerprint density at radius 2 is 2.05 bits per heavy atom. The standard InChI is InChI=1S/C16H23FN2O2.ClH/c1-12-10-19(11-13(2)18-12)16(20)7-4-8-21-15-6-3-5-14(17)9-15;/h3,5-6,9,12-13,18H,4,7-8,10-11H2,1-2H3;1H. The highest BCUT2D eigenvalue weighted by Gasteiger charge is 2.24. The third-order valence-electron chi connectivity index (χ3n) is 3.51. The molecule has 0 saturated carbocycles. The van der Waals surface area contributed by atoms with Crippen LogP contribution in [-0.2, 0) is 4.79 Å². The Morgan fingerprint density at radius 3 is 2.68 bits per heavy atom. The molecular weight excluding hydrogens is 307 g/mol. The number of hydrogen-bond acceptors (Lipinski definition) is 3. The topological polar surface area (TPSA) is 41.6 Å². The average molecular weight is 331 g/mol. The number of hydrogen-bond donors (Lipinski definition) is 1. The zero-order chi connectivity index (χ0) is 15.2. The first-order valence-electron chi connectivity index (χ1n) is 7.47. The first-order chi connectivity index (χ1) is 10.0. The van der Waals surface area contributed by atoms with Crippen molar-refractivity contribution in [3.05, 3.63) is 30.1 Å². The summed E-state index contributed by atoms with van der Waals surface area (Å²) in [6.45, 7) is 6.11. The second-order valence-corrected chi connectivity index (χ2v) is 5.68. The largest absolute Gasteiger partial charge is 0.493 e. The Hall–Kier alpha value is -1.33. The highest BCUT2D eigenvalue weighted by Crippen LogP contribution is 2.13. The second kappa shape index (κ2) is 8.96. The Bertz CT molecular complexity index is 477. The van der Waals surface area contributed by atoms with Gasteiger partial charge in [0.15, 0.2) is 0 Å². The summed E-state index contributed by atoms with van der Waals surface area (Å²) in [4.78, 5) is 14.0. The lowest BCUT2D eigenvalue weighted by molar-refractivity contribution is -0.133. The summed E-state index contributed by atoms with van der Waals surface area (Å²) in [6, 6.07) is 6.72. The van der Waals surface area contributed by atoms with Crippen molar-refractivity contribution in [2.75, 3.05) is 19.7 Å². The van der Waals surface area contributed by atoms with Gasteiger partial charge in [0, 0.05) is 37.7 Å². The molecule has 1 N–H and O–H groups in total. The molecule has 2 rings (SSSR count). The summed E-state index contributed by atoms with van der Waals surface area (Å²) in [6.07, 6.45) is 1.11. The minimum absolute atomic E-state index is 0. The van der Waals surface area contributed by atoms with Crippen LogP contribution in [0.4, 0.5) is 4.39 Å². The molecule has 1 saturated heterocycles. The van der Waals surface area contributed by atoms with E-state index in [0.717, 1.165) is 13.1 Å². The zero-order valence-corrected chi connectivity index (χ0v) is 13.9. The molecule has 1 heterocycles. The third-order valence-corrected chi connectivity index (χ3v) is 3.51. The van der Waals surface area contributed by atoms with Crippen LogP contribution in [0.5, 0.6) is 5.75 Å². The molecule has 1 fully saturated rings.